The molecule has 2 heterocycles. The van der Waals surface area contributed by atoms with Crippen LogP contribution in [0.3, 0.4) is 0 Å². The summed E-state index contributed by atoms with van der Waals surface area (Å²) in [6.07, 6.45) is 4.01. The number of hydrogen-bond acceptors (Lipinski definition) is 6. The second kappa shape index (κ2) is 9.24. The average molecular weight is 405 g/mol. The molecule has 3 N–H and O–H groups in total. The van der Waals surface area contributed by atoms with Crippen LogP contribution in [0.2, 0.25) is 0 Å². The number of para-hydroxylation sites is 1. The number of aromatic hydroxyl groups is 1. The van der Waals surface area contributed by atoms with E-state index in [2.05, 4.69) is 15.2 Å². The number of nitrogens with one attached hydrogen (secondary N) is 1. The van der Waals surface area contributed by atoms with Gasteiger partial charge < -0.3 is 15.5 Å². The van der Waals surface area contributed by atoms with E-state index in [0.29, 0.717) is 18.5 Å². The Morgan fingerprint density at radius 2 is 1.93 bits per heavy atom. The number of rotatable bonds is 7. The third-order valence-corrected chi connectivity index (χ3v) is 5.70. The lowest BCUT2D eigenvalue weighted by molar-refractivity contribution is -0.119. The van der Waals surface area contributed by atoms with Gasteiger partial charge in [-0.25, -0.2) is 0 Å². The topological polar surface area (TPSA) is 85.7 Å². The minimum Gasteiger partial charge on any atom is -0.508 e. The van der Waals surface area contributed by atoms with Gasteiger partial charge in [0.2, 0.25) is 0 Å². The van der Waals surface area contributed by atoms with Crippen molar-refractivity contribution in [1.29, 1.82) is 0 Å². The quantitative estimate of drug-likeness (QED) is 0.560. The van der Waals surface area contributed by atoms with E-state index in [1.54, 1.807) is 18.3 Å². The summed E-state index contributed by atoms with van der Waals surface area (Å²) in [7, 11) is 0. The second-order valence-electron chi connectivity index (χ2n) is 7.91. The van der Waals surface area contributed by atoms with Gasteiger partial charge in [0.15, 0.2) is 5.78 Å². The van der Waals surface area contributed by atoms with E-state index < -0.39 is 0 Å². The first kappa shape index (κ1) is 20.3. The Kier molecular flexibility index (Phi) is 6.26. The first-order valence-corrected chi connectivity index (χ1v) is 10.4. The molecular weight excluding hydrogens is 378 g/mol. The minimum atomic E-state index is -0.202. The zero-order valence-electron chi connectivity index (χ0n) is 16.9. The number of benzene rings is 2. The molecule has 1 aliphatic heterocycles. The zero-order chi connectivity index (χ0) is 20.9. The molecule has 6 heteroatoms. The molecule has 6 nitrogen and oxygen atoms in total. The van der Waals surface area contributed by atoms with Crippen molar-refractivity contribution in [3.63, 3.8) is 0 Å². The molecule has 0 saturated carbocycles. The second-order valence-corrected chi connectivity index (χ2v) is 7.91. The molecule has 2 aromatic carbocycles. The lowest BCUT2D eigenvalue weighted by Gasteiger charge is -2.32. The van der Waals surface area contributed by atoms with Crippen molar-refractivity contribution < 1.29 is 15.0 Å². The van der Waals surface area contributed by atoms with Gasteiger partial charge in [-0.1, -0.05) is 24.3 Å². The minimum absolute atomic E-state index is 0.105. The van der Waals surface area contributed by atoms with Crippen LogP contribution in [0.4, 0.5) is 5.69 Å². The van der Waals surface area contributed by atoms with E-state index in [9.17, 15) is 15.0 Å². The fraction of sp³-hybridized carbons (Fsp3) is 0.333. The highest BCUT2D eigenvalue weighted by Gasteiger charge is 2.22. The molecular formula is C24H27N3O3. The third-order valence-electron chi connectivity index (χ3n) is 5.70. The van der Waals surface area contributed by atoms with Crippen molar-refractivity contribution in [2.45, 2.75) is 31.9 Å². The number of aliphatic hydroxyl groups is 1. The van der Waals surface area contributed by atoms with Crippen LogP contribution >= 0.6 is 0 Å². The van der Waals surface area contributed by atoms with Gasteiger partial charge in [0.05, 0.1) is 18.7 Å². The van der Waals surface area contributed by atoms with Crippen molar-refractivity contribution in [3.8, 4) is 5.75 Å². The molecule has 0 spiro atoms. The molecule has 30 heavy (non-hydrogen) atoms. The highest BCUT2D eigenvalue weighted by Crippen LogP contribution is 2.27. The van der Waals surface area contributed by atoms with Gasteiger partial charge >= 0.3 is 0 Å². The van der Waals surface area contributed by atoms with Gasteiger partial charge in [0.1, 0.15) is 5.75 Å². The zero-order valence-corrected chi connectivity index (χ0v) is 16.9. The fourth-order valence-electron chi connectivity index (χ4n) is 4.08. The number of likely N-dealkylation sites (tertiary alicyclic amines) is 1. The Balaban J connectivity index is 1.28. The summed E-state index contributed by atoms with van der Waals surface area (Å²) in [5.41, 5.74) is 3.20. The maximum atomic E-state index is 12.6. The van der Waals surface area contributed by atoms with Crippen molar-refractivity contribution in [2.24, 2.45) is 0 Å². The van der Waals surface area contributed by atoms with Crippen molar-refractivity contribution >= 4 is 22.4 Å². The number of piperidine rings is 1. The maximum Gasteiger partial charge on any atom is 0.151 e. The molecule has 0 atom stereocenters. The van der Waals surface area contributed by atoms with Crippen LogP contribution < -0.4 is 5.32 Å². The maximum absolute atomic E-state index is 12.6. The summed E-state index contributed by atoms with van der Waals surface area (Å²) >= 11 is 0. The molecule has 156 valence electrons. The number of hydrogen-bond donors (Lipinski definition) is 3. The van der Waals surface area contributed by atoms with Crippen LogP contribution in [0.1, 0.15) is 24.0 Å². The third kappa shape index (κ3) is 4.78. The Morgan fingerprint density at radius 1 is 1.13 bits per heavy atom. The molecule has 0 radical (unpaired) electrons. The van der Waals surface area contributed by atoms with Crippen LogP contribution in [0.5, 0.6) is 5.75 Å². The lowest BCUT2D eigenvalue weighted by Crippen LogP contribution is -2.41. The predicted molar refractivity (Wildman–Crippen MR) is 118 cm³/mol. The SMILES string of the molecule is O=C(Cc1cnc2ccccc2c1)CN1CCC(Nc2cccc(O)c2CO)CC1. The van der Waals surface area contributed by atoms with Crippen molar-refractivity contribution in [3.05, 3.63) is 65.9 Å². The number of carbonyl (C=O) groups excluding carboxylic acids is 1. The first-order chi connectivity index (χ1) is 14.6. The standard InChI is InChI=1S/C24H27N3O3/c28-16-21-23(6-3-7-24(21)30)26-19-8-10-27(11-9-19)15-20(29)13-17-12-18-4-1-2-5-22(18)25-14-17/h1-7,12,14,19,26,28,30H,8-11,13,15-16H2. The van der Waals surface area contributed by atoms with E-state index in [1.807, 2.05) is 36.4 Å². The summed E-state index contributed by atoms with van der Waals surface area (Å²) in [6.45, 7) is 1.93. The Morgan fingerprint density at radius 3 is 2.73 bits per heavy atom. The summed E-state index contributed by atoms with van der Waals surface area (Å²) < 4.78 is 0. The van der Waals surface area contributed by atoms with E-state index in [0.717, 1.165) is 48.1 Å². The number of aromatic nitrogens is 1. The number of ketones is 1. The molecule has 0 aliphatic carbocycles. The number of aliphatic hydroxyl groups excluding tert-OH is 1. The summed E-state index contributed by atoms with van der Waals surface area (Å²) in [4.78, 5) is 19.2. The monoisotopic (exact) mass is 405 g/mol. The molecule has 0 amide bonds. The van der Waals surface area contributed by atoms with Gasteiger partial charge in [0, 0.05) is 48.4 Å². The summed E-state index contributed by atoms with van der Waals surface area (Å²) in [5.74, 6) is 0.308. The Hall–Kier alpha value is -2.96. The van der Waals surface area contributed by atoms with Gasteiger partial charge in [-0.2, -0.15) is 0 Å². The van der Waals surface area contributed by atoms with Crippen LogP contribution in [-0.4, -0.2) is 51.6 Å². The Labute approximate surface area is 176 Å². The summed E-state index contributed by atoms with van der Waals surface area (Å²) in [5, 5.41) is 23.9. The van der Waals surface area contributed by atoms with Crippen LogP contribution in [0.25, 0.3) is 10.9 Å². The number of anilines is 1. The lowest BCUT2D eigenvalue weighted by atomic mass is 10.0. The molecule has 0 unspecified atom stereocenters. The van der Waals surface area contributed by atoms with Gasteiger partial charge in [-0.3, -0.25) is 14.7 Å². The molecule has 1 fully saturated rings. The van der Waals surface area contributed by atoms with Gasteiger partial charge in [-0.15, -0.1) is 0 Å². The van der Waals surface area contributed by atoms with E-state index in [4.69, 9.17) is 0 Å². The van der Waals surface area contributed by atoms with Gasteiger partial charge in [0.25, 0.3) is 0 Å². The van der Waals surface area contributed by atoms with Crippen molar-refractivity contribution in [1.82, 2.24) is 9.88 Å². The number of carbonyl (C=O) groups is 1. The van der Waals surface area contributed by atoms with Gasteiger partial charge in [-0.05, 0) is 42.7 Å². The largest absolute Gasteiger partial charge is 0.508 e. The van der Waals surface area contributed by atoms with Crippen LogP contribution in [-0.2, 0) is 17.8 Å². The molecule has 1 aliphatic rings. The van der Waals surface area contributed by atoms with Crippen molar-refractivity contribution in [2.75, 3.05) is 25.0 Å². The number of Topliss-reactive ketones (excluding diaryl/α,β-unsaturated/α-hetero) is 1. The number of phenols is 1. The first-order valence-electron chi connectivity index (χ1n) is 10.4. The number of pyridine rings is 1. The average Bonchev–Trinajstić information content (AvgIpc) is 2.75. The Bertz CT molecular complexity index is 1030. The van der Waals surface area contributed by atoms with E-state index in [-0.39, 0.29) is 24.2 Å². The smallest absolute Gasteiger partial charge is 0.151 e. The normalized spacial score (nSPS) is 15.4. The molecule has 0 bridgehead atoms. The fourth-order valence-corrected chi connectivity index (χ4v) is 4.08. The molecule has 4 rings (SSSR count). The molecule has 1 aromatic heterocycles. The predicted octanol–water partition coefficient (Wildman–Crippen LogP) is 3.12. The molecule has 1 saturated heterocycles. The number of fused-ring (bicyclic) bond motifs is 1. The van der Waals surface area contributed by atoms with E-state index >= 15 is 0 Å². The molecule has 3 aromatic rings. The highest BCUT2D eigenvalue weighted by molar-refractivity contribution is 5.85. The van der Waals surface area contributed by atoms with Crippen LogP contribution in [0, 0.1) is 0 Å². The number of nitrogens with zero attached hydrogens (tertiary/aromatic N) is 2. The highest BCUT2D eigenvalue weighted by atomic mass is 16.3. The summed E-state index contributed by atoms with van der Waals surface area (Å²) in [6, 6.07) is 15.5. The van der Waals surface area contributed by atoms with Crippen LogP contribution in [0.15, 0.2) is 54.7 Å². The van der Waals surface area contributed by atoms with E-state index in [1.165, 1.54) is 0 Å².